The fraction of sp³-hybridized carbons (Fsp3) is 0.600. The molecule has 0 spiro atoms. The Hall–Kier alpha value is -2.12. The number of nitrogens with one attached hydrogen (secondary N) is 1. The van der Waals surface area contributed by atoms with Crippen molar-refractivity contribution in [3.8, 4) is 5.75 Å². The summed E-state index contributed by atoms with van der Waals surface area (Å²) in [5.41, 5.74) is 6.66. The molecule has 0 bridgehead atoms. The third-order valence-corrected chi connectivity index (χ3v) is 5.26. The number of likely N-dealkylation sites (tertiary alicyclic amines) is 1. The summed E-state index contributed by atoms with van der Waals surface area (Å²) in [7, 11) is 1.54. The first-order chi connectivity index (χ1) is 13.1. The zero-order valence-electron chi connectivity index (χ0n) is 15.9. The van der Waals surface area contributed by atoms with Gasteiger partial charge in [-0.3, -0.25) is 9.59 Å². The smallest absolute Gasteiger partial charge is 0.253 e. The average Bonchev–Trinajstić information content (AvgIpc) is 3.02. The highest BCUT2D eigenvalue weighted by atomic mass is 16.5. The van der Waals surface area contributed by atoms with E-state index >= 15 is 0 Å². The molecule has 2 atom stereocenters. The first-order valence-corrected chi connectivity index (χ1v) is 9.76. The van der Waals surface area contributed by atoms with Crippen molar-refractivity contribution in [3.63, 3.8) is 0 Å². The Morgan fingerprint density at radius 3 is 2.59 bits per heavy atom. The van der Waals surface area contributed by atoms with Crippen LogP contribution in [0.4, 0.5) is 5.69 Å². The molecule has 2 fully saturated rings. The summed E-state index contributed by atoms with van der Waals surface area (Å²) in [6.07, 6.45) is 5.23. The number of hydrogen-bond donors (Lipinski definition) is 2. The fourth-order valence-electron chi connectivity index (χ4n) is 3.68. The minimum atomic E-state index is -0.520. The lowest BCUT2D eigenvalue weighted by Gasteiger charge is -2.21. The first-order valence-electron chi connectivity index (χ1n) is 9.76. The number of hydrogen-bond acceptors (Lipinski definition) is 5. The van der Waals surface area contributed by atoms with Crippen LogP contribution in [0.1, 0.15) is 48.9 Å². The molecule has 1 aromatic rings. The fourth-order valence-corrected chi connectivity index (χ4v) is 3.68. The van der Waals surface area contributed by atoms with Crippen molar-refractivity contribution >= 4 is 17.5 Å². The van der Waals surface area contributed by atoms with Crippen molar-refractivity contribution in [3.05, 3.63) is 23.8 Å². The molecule has 1 aromatic carbocycles. The van der Waals surface area contributed by atoms with Crippen LogP contribution in [0.15, 0.2) is 18.2 Å². The Bertz CT molecular complexity index is 671. The molecular weight excluding hydrogens is 346 g/mol. The van der Waals surface area contributed by atoms with Crippen LogP contribution < -0.4 is 15.8 Å². The summed E-state index contributed by atoms with van der Waals surface area (Å²) in [5.74, 6) is 0.281. The average molecular weight is 375 g/mol. The van der Waals surface area contributed by atoms with E-state index in [-0.39, 0.29) is 17.9 Å². The number of rotatable bonds is 5. The lowest BCUT2D eigenvalue weighted by atomic mass is 10.1. The van der Waals surface area contributed by atoms with Gasteiger partial charge in [0.1, 0.15) is 11.9 Å². The van der Waals surface area contributed by atoms with Gasteiger partial charge in [-0.25, -0.2) is 0 Å². The summed E-state index contributed by atoms with van der Waals surface area (Å²) >= 11 is 0. The van der Waals surface area contributed by atoms with Crippen molar-refractivity contribution in [1.82, 2.24) is 4.90 Å². The number of carbonyl (C=O) groups excluding carboxylic acids is 2. The van der Waals surface area contributed by atoms with Gasteiger partial charge in [0, 0.05) is 25.2 Å². The van der Waals surface area contributed by atoms with Gasteiger partial charge >= 0.3 is 0 Å². The van der Waals surface area contributed by atoms with E-state index in [1.165, 1.54) is 20.0 Å². The maximum absolute atomic E-state index is 12.9. The zero-order valence-corrected chi connectivity index (χ0v) is 15.9. The van der Waals surface area contributed by atoms with Gasteiger partial charge < -0.3 is 25.4 Å². The Balaban J connectivity index is 1.73. The second-order valence-electron chi connectivity index (χ2n) is 7.17. The molecule has 0 aromatic heterocycles. The van der Waals surface area contributed by atoms with E-state index in [1.807, 2.05) is 4.90 Å². The quantitative estimate of drug-likeness (QED) is 0.822. The minimum absolute atomic E-state index is 0.00429. The highest BCUT2D eigenvalue weighted by Crippen LogP contribution is 2.28. The maximum Gasteiger partial charge on any atom is 0.253 e. The molecule has 27 heavy (non-hydrogen) atoms. The molecule has 0 unspecified atom stereocenters. The van der Waals surface area contributed by atoms with Gasteiger partial charge in [-0.05, 0) is 43.9 Å². The summed E-state index contributed by atoms with van der Waals surface area (Å²) < 4.78 is 11.0. The Morgan fingerprint density at radius 2 is 1.96 bits per heavy atom. The lowest BCUT2D eigenvalue weighted by Crippen LogP contribution is -2.32. The van der Waals surface area contributed by atoms with Crippen LogP contribution in [0.5, 0.6) is 5.75 Å². The standard InChI is InChI=1S/C20H29N3O4/c1-26-17-8-6-14(20(25)23-10-4-2-3-5-11-23)12-16(17)22-19(24)18-9-7-15(13-21)27-18/h6,8,12,15,18H,2-5,7,9-11,13,21H2,1H3,(H,22,24)/t15-,18+/m1/s1. The van der Waals surface area contributed by atoms with Gasteiger partial charge in [0.25, 0.3) is 11.8 Å². The summed E-state index contributed by atoms with van der Waals surface area (Å²) in [6.45, 7) is 1.97. The van der Waals surface area contributed by atoms with Gasteiger partial charge in [-0.15, -0.1) is 0 Å². The van der Waals surface area contributed by atoms with E-state index < -0.39 is 6.10 Å². The zero-order chi connectivity index (χ0) is 19.2. The topological polar surface area (TPSA) is 93.9 Å². The van der Waals surface area contributed by atoms with Gasteiger partial charge in [-0.2, -0.15) is 0 Å². The van der Waals surface area contributed by atoms with Gasteiger partial charge in [0.2, 0.25) is 0 Å². The van der Waals surface area contributed by atoms with Crippen LogP contribution in [-0.4, -0.2) is 55.7 Å². The number of amides is 2. The number of anilines is 1. The number of nitrogens with zero attached hydrogens (tertiary/aromatic N) is 1. The molecule has 0 aliphatic carbocycles. The van der Waals surface area contributed by atoms with E-state index in [2.05, 4.69) is 5.32 Å². The second-order valence-corrected chi connectivity index (χ2v) is 7.17. The molecule has 2 aliphatic rings. The Kier molecular flexibility index (Phi) is 6.68. The van der Waals surface area contributed by atoms with Gasteiger partial charge in [0.05, 0.1) is 18.9 Å². The van der Waals surface area contributed by atoms with E-state index in [9.17, 15) is 9.59 Å². The van der Waals surface area contributed by atoms with E-state index in [1.54, 1.807) is 18.2 Å². The highest BCUT2D eigenvalue weighted by Gasteiger charge is 2.30. The Labute approximate surface area is 160 Å². The number of carbonyl (C=O) groups is 2. The van der Waals surface area contributed by atoms with Crippen molar-refractivity contribution in [1.29, 1.82) is 0 Å². The summed E-state index contributed by atoms with van der Waals surface area (Å²) in [6, 6.07) is 5.16. The normalized spacial score (nSPS) is 23.0. The van der Waals surface area contributed by atoms with Crippen LogP contribution in [0.3, 0.4) is 0 Å². The molecule has 0 saturated carbocycles. The van der Waals surface area contributed by atoms with Crippen molar-refractivity contribution < 1.29 is 19.1 Å². The molecule has 7 heteroatoms. The SMILES string of the molecule is COc1ccc(C(=O)N2CCCCCC2)cc1NC(=O)[C@@H]1CC[C@H](CN)O1. The molecular formula is C20H29N3O4. The van der Waals surface area contributed by atoms with E-state index in [4.69, 9.17) is 15.2 Å². The van der Waals surface area contributed by atoms with Crippen molar-refractivity contribution in [2.75, 3.05) is 32.1 Å². The van der Waals surface area contributed by atoms with Crippen LogP contribution in [-0.2, 0) is 9.53 Å². The molecule has 2 aliphatic heterocycles. The largest absolute Gasteiger partial charge is 0.495 e. The highest BCUT2D eigenvalue weighted by molar-refractivity contribution is 5.99. The molecule has 0 radical (unpaired) electrons. The number of benzene rings is 1. The Morgan fingerprint density at radius 1 is 1.22 bits per heavy atom. The number of ether oxygens (including phenoxy) is 2. The monoisotopic (exact) mass is 375 g/mol. The van der Waals surface area contributed by atoms with Crippen molar-refractivity contribution in [2.45, 2.75) is 50.7 Å². The predicted octanol–water partition coefficient (Wildman–Crippen LogP) is 2.16. The third kappa shape index (κ3) is 4.78. The summed E-state index contributed by atoms with van der Waals surface area (Å²) in [4.78, 5) is 27.3. The van der Waals surface area contributed by atoms with Gasteiger partial charge in [-0.1, -0.05) is 12.8 Å². The number of methoxy groups -OCH3 is 1. The number of nitrogens with two attached hydrogens (primary N) is 1. The minimum Gasteiger partial charge on any atom is -0.495 e. The molecule has 148 valence electrons. The first kappa shape index (κ1) is 19.6. The molecule has 2 amide bonds. The second kappa shape index (κ2) is 9.19. The molecule has 2 heterocycles. The molecule has 7 nitrogen and oxygen atoms in total. The summed E-state index contributed by atoms with van der Waals surface area (Å²) in [5, 5.41) is 2.86. The molecule has 2 saturated heterocycles. The van der Waals surface area contributed by atoms with E-state index in [0.29, 0.717) is 30.0 Å². The molecule has 3 rings (SSSR count). The van der Waals surface area contributed by atoms with Gasteiger partial charge in [0.15, 0.2) is 0 Å². The van der Waals surface area contributed by atoms with E-state index in [0.717, 1.165) is 32.4 Å². The van der Waals surface area contributed by atoms with Crippen LogP contribution >= 0.6 is 0 Å². The predicted molar refractivity (Wildman–Crippen MR) is 103 cm³/mol. The third-order valence-electron chi connectivity index (χ3n) is 5.26. The molecule has 3 N–H and O–H groups in total. The lowest BCUT2D eigenvalue weighted by molar-refractivity contribution is -0.126. The maximum atomic E-state index is 12.9. The van der Waals surface area contributed by atoms with Crippen LogP contribution in [0.2, 0.25) is 0 Å². The van der Waals surface area contributed by atoms with Crippen LogP contribution in [0.25, 0.3) is 0 Å². The van der Waals surface area contributed by atoms with Crippen molar-refractivity contribution in [2.24, 2.45) is 5.73 Å². The van der Waals surface area contributed by atoms with Crippen LogP contribution in [0, 0.1) is 0 Å².